The van der Waals surface area contributed by atoms with E-state index in [0.29, 0.717) is 12.4 Å². The van der Waals surface area contributed by atoms with Crippen LogP contribution in [-0.2, 0) is 24.4 Å². The molecule has 1 aliphatic heterocycles. The number of carbonyl (C=O) groups excluding carboxylic acids is 1. The average molecular weight is 292 g/mol. The van der Waals surface area contributed by atoms with Gasteiger partial charge in [0, 0.05) is 11.7 Å². The minimum absolute atomic E-state index is 0.333. The first-order chi connectivity index (χ1) is 9.68. The molecule has 1 aliphatic rings. The fourth-order valence-electron chi connectivity index (χ4n) is 1.93. The summed E-state index contributed by atoms with van der Waals surface area (Å²) in [5.41, 5.74) is -0.692. The van der Waals surface area contributed by atoms with E-state index in [-0.39, 0.29) is 5.97 Å². The van der Waals surface area contributed by atoms with Crippen LogP contribution in [-0.4, -0.2) is 35.1 Å². The third-order valence-corrected chi connectivity index (χ3v) is 3.54. The van der Waals surface area contributed by atoms with E-state index in [2.05, 4.69) is 11.7 Å². The van der Waals surface area contributed by atoms with E-state index in [0.717, 1.165) is 5.46 Å². The molecule has 0 saturated carbocycles. The summed E-state index contributed by atoms with van der Waals surface area (Å²) in [5.74, 6) is 0.238. The van der Waals surface area contributed by atoms with Crippen molar-refractivity contribution in [3.63, 3.8) is 0 Å². The van der Waals surface area contributed by atoms with Crippen LogP contribution in [0.4, 0.5) is 0 Å². The lowest BCUT2D eigenvalue weighted by atomic mass is 9.82. The molecule has 0 spiro atoms. The van der Waals surface area contributed by atoms with Crippen LogP contribution in [0, 0.1) is 0 Å². The van der Waals surface area contributed by atoms with Crippen LogP contribution >= 0.6 is 0 Å². The summed E-state index contributed by atoms with van der Waals surface area (Å²) in [5, 5.41) is 4.23. The van der Waals surface area contributed by atoms with Crippen molar-refractivity contribution in [2.24, 2.45) is 0 Å². The molecule has 7 heteroatoms. The van der Waals surface area contributed by atoms with Gasteiger partial charge >= 0.3 is 13.1 Å². The summed E-state index contributed by atoms with van der Waals surface area (Å²) >= 11 is 0. The molecular formula is C14H21BN2O4. The lowest BCUT2D eigenvalue weighted by Gasteiger charge is -2.22. The van der Waals surface area contributed by atoms with Crippen LogP contribution in [0.2, 0.25) is 0 Å². The molecule has 0 aromatic carbocycles. The summed E-state index contributed by atoms with van der Waals surface area (Å²) in [4.78, 5) is 12.0. The van der Waals surface area contributed by atoms with Crippen molar-refractivity contribution in [1.29, 1.82) is 0 Å². The van der Waals surface area contributed by atoms with E-state index in [1.54, 1.807) is 37.8 Å². The van der Waals surface area contributed by atoms with E-state index in [1.807, 2.05) is 13.8 Å². The molecule has 6 nitrogen and oxygen atoms in total. The van der Waals surface area contributed by atoms with Gasteiger partial charge in [0.05, 0.1) is 18.6 Å². The molecule has 2 heterocycles. The summed E-state index contributed by atoms with van der Waals surface area (Å²) in [6.45, 7) is 13.2. The van der Waals surface area contributed by atoms with Gasteiger partial charge in [0.25, 0.3) is 0 Å². The van der Waals surface area contributed by atoms with Crippen molar-refractivity contribution in [3.05, 3.63) is 24.7 Å². The molecule has 0 radical (unpaired) electrons. The maximum Gasteiger partial charge on any atom is 0.566 e. The molecule has 0 bridgehead atoms. The minimum Gasteiger partial charge on any atom is -0.534 e. The number of esters is 1. The van der Waals surface area contributed by atoms with E-state index in [4.69, 9.17) is 14.0 Å². The normalized spacial score (nSPS) is 17.8. The van der Waals surface area contributed by atoms with E-state index in [1.165, 1.54) is 0 Å². The molecule has 0 atom stereocenters. The van der Waals surface area contributed by atoms with E-state index >= 15 is 0 Å². The maximum absolute atomic E-state index is 12.0. The fourth-order valence-corrected chi connectivity index (χ4v) is 1.93. The molecule has 0 amide bonds. The molecular weight excluding hydrogens is 271 g/mol. The van der Waals surface area contributed by atoms with Crippen molar-refractivity contribution in [2.75, 3.05) is 6.61 Å². The molecule has 0 N–H and O–H groups in total. The third kappa shape index (κ3) is 2.83. The Labute approximate surface area is 125 Å². The number of hydrogen-bond donors (Lipinski definition) is 0. The molecule has 0 unspecified atom stereocenters. The topological polar surface area (TPSA) is 62.6 Å². The second-order valence-electron chi connectivity index (χ2n) is 6.00. The van der Waals surface area contributed by atoms with Gasteiger partial charge in [-0.15, -0.1) is 0 Å². The highest BCUT2D eigenvalue weighted by atomic mass is 16.7. The Kier molecular flexibility index (Phi) is 3.88. The van der Waals surface area contributed by atoms with Crippen molar-refractivity contribution < 1.29 is 18.8 Å². The lowest BCUT2D eigenvalue weighted by Crippen LogP contribution is -2.39. The first-order valence-corrected chi connectivity index (χ1v) is 6.94. The molecule has 21 heavy (non-hydrogen) atoms. The van der Waals surface area contributed by atoms with Gasteiger partial charge in [-0.2, -0.15) is 5.10 Å². The Balaban J connectivity index is 2.19. The number of hydrogen-bond acceptors (Lipinski definition) is 5. The van der Waals surface area contributed by atoms with Gasteiger partial charge in [0.2, 0.25) is 0 Å². The standard InChI is InChI=1S/C14H21BN2O4/c1-7-19-12(18)13(3,4)17-9-11(8-16-17)15-20-10(2)14(5,6)21-15/h8-9H,2,7H2,1,3-6H3. The summed E-state index contributed by atoms with van der Waals surface area (Å²) in [7, 11) is -0.556. The first kappa shape index (κ1) is 15.6. The minimum atomic E-state index is -0.889. The number of ether oxygens (including phenoxy) is 1. The Hall–Kier alpha value is -1.76. The smallest absolute Gasteiger partial charge is 0.534 e. The average Bonchev–Trinajstić information content (AvgIpc) is 2.96. The number of rotatable bonds is 4. The highest BCUT2D eigenvalue weighted by molar-refractivity contribution is 6.62. The quantitative estimate of drug-likeness (QED) is 0.616. The SMILES string of the molecule is C=C1OB(c2cnn(C(C)(C)C(=O)OCC)c2)OC1(C)C. The number of nitrogens with zero attached hydrogens (tertiary/aromatic N) is 2. The molecule has 1 aromatic heterocycles. The van der Waals surface area contributed by atoms with Gasteiger partial charge in [0.1, 0.15) is 5.60 Å². The van der Waals surface area contributed by atoms with E-state index < -0.39 is 18.3 Å². The van der Waals surface area contributed by atoms with Crippen molar-refractivity contribution in [1.82, 2.24) is 9.78 Å². The van der Waals surface area contributed by atoms with Gasteiger partial charge in [0.15, 0.2) is 5.54 Å². The van der Waals surface area contributed by atoms with Crippen LogP contribution in [0.3, 0.4) is 0 Å². The summed E-state index contributed by atoms with van der Waals surface area (Å²) in [6.07, 6.45) is 3.36. The second-order valence-corrected chi connectivity index (χ2v) is 6.00. The largest absolute Gasteiger partial charge is 0.566 e. The number of carbonyl (C=O) groups is 1. The monoisotopic (exact) mass is 292 g/mol. The molecule has 0 aliphatic carbocycles. The van der Waals surface area contributed by atoms with Crippen molar-refractivity contribution in [3.8, 4) is 0 Å². The van der Waals surface area contributed by atoms with Crippen LogP contribution in [0.1, 0.15) is 34.6 Å². The van der Waals surface area contributed by atoms with Gasteiger partial charge in [-0.3, -0.25) is 4.68 Å². The van der Waals surface area contributed by atoms with Gasteiger partial charge in [-0.05, 0) is 34.6 Å². The molecule has 114 valence electrons. The predicted octanol–water partition coefficient (Wildman–Crippen LogP) is 1.22. The van der Waals surface area contributed by atoms with Gasteiger partial charge in [-0.1, -0.05) is 6.58 Å². The Morgan fingerprint density at radius 1 is 1.57 bits per heavy atom. The highest BCUT2D eigenvalue weighted by Crippen LogP contribution is 2.29. The van der Waals surface area contributed by atoms with E-state index in [9.17, 15) is 4.79 Å². The van der Waals surface area contributed by atoms with Gasteiger partial charge in [-0.25, -0.2) is 4.79 Å². The first-order valence-electron chi connectivity index (χ1n) is 6.94. The Bertz CT molecular complexity index is 565. The van der Waals surface area contributed by atoms with Crippen molar-refractivity contribution in [2.45, 2.75) is 45.8 Å². The third-order valence-electron chi connectivity index (χ3n) is 3.54. The van der Waals surface area contributed by atoms with Crippen molar-refractivity contribution >= 4 is 18.6 Å². The lowest BCUT2D eigenvalue weighted by molar-refractivity contribution is -0.152. The Morgan fingerprint density at radius 3 is 2.76 bits per heavy atom. The zero-order valence-corrected chi connectivity index (χ0v) is 13.2. The van der Waals surface area contributed by atoms with Crippen LogP contribution < -0.4 is 5.46 Å². The summed E-state index contributed by atoms with van der Waals surface area (Å²) in [6, 6.07) is 0. The van der Waals surface area contributed by atoms with Crippen LogP contribution in [0.5, 0.6) is 0 Å². The van der Waals surface area contributed by atoms with Crippen LogP contribution in [0.15, 0.2) is 24.7 Å². The number of aromatic nitrogens is 2. The maximum atomic E-state index is 12.0. The highest BCUT2D eigenvalue weighted by Gasteiger charge is 2.44. The zero-order chi connectivity index (χ0) is 15.8. The predicted molar refractivity (Wildman–Crippen MR) is 79.0 cm³/mol. The zero-order valence-electron chi connectivity index (χ0n) is 13.2. The molecule has 2 rings (SSSR count). The van der Waals surface area contributed by atoms with Gasteiger partial charge < -0.3 is 14.0 Å². The fraction of sp³-hybridized carbons (Fsp3) is 0.571. The molecule has 1 saturated heterocycles. The molecule has 1 fully saturated rings. The summed E-state index contributed by atoms with van der Waals surface area (Å²) < 4.78 is 18.0. The molecule has 1 aromatic rings. The Morgan fingerprint density at radius 2 is 2.24 bits per heavy atom. The van der Waals surface area contributed by atoms with Crippen LogP contribution in [0.25, 0.3) is 0 Å². The second kappa shape index (κ2) is 5.22.